The first-order valence-electron chi connectivity index (χ1n) is 18.0. The van der Waals surface area contributed by atoms with E-state index in [0.717, 1.165) is 0 Å². The van der Waals surface area contributed by atoms with E-state index in [9.17, 15) is 0 Å². The van der Waals surface area contributed by atoms with Crippen molar-refractivity contribution in [1.82, 2.24) is 4.98 Å². The van der Waals surface area contributed by atoms with Crippen molar-refractivity contribution in [2.75, 3.05) is 0 Å². The molecule has 0 bridgehead atoms. The van der Waals surface area contributed by atoms with Gasteiger partial charge in [0, 0.05) is 30.1 Å². The van der Waals surface area contributed by atoms with Gasteiger partial charge >= 0.3 is 0 Å². The molecule has 3 aliphatic rings. The van der Waals surface area contributed by atoms with Gasteiger partial charge in [-0.1, -0.05) is 152 Å². The Hall–Kier alpha value is -6.31. The topological polar surface area (TPSA) is 12.9 Å². The molecule has 238 valence electrons. The van der Waals surface area contributed by atoms with E-state index in [1.165, 1.54) is 94.6 Å². The Kier molecular flexibility index (Phi) is 6.21. The molecule has 8 aromatic rings. The second-order valence-electron chi connectivity index (χ2n) is 14.2. The lowest BCUT2D eigenvalue weighted by Gasteiger charge is -2.20. The third kappa shape index (κ3) is 4.25. The summed E-state index contributed by atoms with van der Waals surface area (Å²) in [6.07, 6.45) is 4.01. The maximum atomic E-state index is 4.62. The maximum absolute atomic E-state index is 4.62. The molecule has 11 rings (SSSR count). The molecular formula is C50H33N. The maximum Gasteiger partial charge on any atom is 0.0367 e. The van der Waals surface area contributed by atoms with Crippen molar-refractivity contribution in [2.45, 2.75) is 17.8 Å². The molecule has 0 saturated heterocycles. The van der Waals surface area contributed by atoms with Gasteiger partial charge < -0.3 is 0 Å². The van der Waals surface area contributed by atoms with Crippen LogP contribution in [0.4, 0.5) is 0 Å². The zero-order valence-electron chi connectivity index (χ0n) is 28.0. The van der Waals surface area contributed by atoms with Gasteiger partial charge in [0.25, 0.3) is 0 Å². The van der Waals surface area contributed by atoms with Crippen molar-refractivity contribution < 1.29 is 0 Å². The highest BCUT2D eigenvalue weighted by atomic mass is 14.6. The summed E-state index contributed by atoms with van der Waals surface area (Å²) >= 11 is 0. The number of hydrogen-bond donors (Lipinski definition) is 0. The number of rotatable bonds is 4. The Labute approximate surface area is 298 Å². The number of hydrogen-bond acceptors (Lipinski definition) is 1. The molecule has 3 aliphatic carbocycles. The first-order valence-corrected chi connectivity index (χ1v) is 18.0. The van der Waals surface area contributed by atoms with Crippen LogP contribution in [-0.4, -0.2) is 4.98 Å². The van der Waals surface area contributed by atoms with Crippen molar-refractivity contribution in [3.63, 3.8) is 0 Å². The summed E-state index contributed by atoms with van der Waals surface area (Å²) in [7, 11) is 0. The second kappa shape index (κ2) is 11.1. The van der Waals surface area contributed by atoms with E-state index in [0.29, 0.717) is 0 Å². The SMILES string of the molecule is c1ccc(-c2ccc3c(c2)-c2ccncc2C3c2cccc(C3c4ccccc4-c4cc(C5c6ccccc6-c6ccccc65)ccc43)c2)cc1. The van der Waals surface area contributed by atoms with Crippen molar-refractivity contribution in [1.29, 1.82) is 0 Å². The van der Waals surface area contributed by atoms with Crippen LogP contribution in [0.25, 0.3) is 44.5 Å². The monoisotopic (exact) mass is 647 g/mol. The molecule has 51 heavy (non-hydrogen) atoms. The summed E-state index contributed by atoms with van der Waals surface area (Å²) in [5.74, 6) is 0.535. The Morgan fingerprint density at radius 1 is 0.294 bits per heavy atom. The van der Waals surface area contributed by atoms with Crippen molar-refractivity contribution in [3.8, 4) is 44.5 Å². The quantitative estimate of drug-likeness (QED) is 0.185. The number of pyridine rings is 1. The van der Waals surface area contributed by atoms with E-state index in [1.54, 1.807) is 0 Å². The smallest absolute Gasteiger partial charge is 0.0367 e. The van der Waals surface area contributed by atoms with Gasteiger partial charge in [0.15, 0.2) is 0 Å². The minimum Gasteiger partial charge on any atom is -0.264 e. The van der Waals surface area contributed by atoms with Crippen LogP contribution in [0, 0.1) is 0 Å². The predicted molar refractivity (Wildman–Crippen MR) is 208 cm³/mol. The minimum absolute atomic E-state index is 0.134. The molecule has 2 unspecified atom stereocenters. The van der Waals surface area contributed by atoms with E-state index < -0.39 is 0 Å². The summed E-state index contributed by atoms with van der Waals surface area (Å²) in [4.78, 5) is 4.62. The number of fused-ring (bicyclic) bond motifs is 9. The van der Waals surface area contributed by atoms with Crippen LogP contribution < -0.4 is 0 Å². The molecule has 0 fully saturated rings. The van der Waals surface area contributed by atoms with Gasteiger partial charge in [0.1, 0.15) is 0 Å². The molecule has 0 radical (unpaired) electrons. The first kappa shape index (κ1) is 28.5. The molecule has 0 aliphatic heterocycles. The molecule has 0 amide bonds. The number of aromatic nitrogens is 1. The molecule has 0 saturated carbocycles. The Bertz CT molecular complexity index is 2620. The molecule has 7 aromatic carbocycles. The lowest BCUT2D eigenvalue weighted by molar-refractivity contribution is 0.963. The molecule has 1 heterocycles. The molecule has 1 nitrogen and oxygen atoms in total. The van der Waals surface area contributed by atoms with Gasteiger partial charge in [-0.3, -0.25) is 4.98 Å². The summed E-state index contributed by atoms with van der Waals surface area (Å²) < 4.78 is 0. The highest BCUT2D eigenvalue weighted by molar-refractivity contribution is 5.86. The molecule has 1 aromatic heterocycles. The van der Waals surface area contributed by atoms with Crippen molar-refractivity contribution in [2.24, 2.45) is 0 Å². The van der Waals surface area contributed by atoms with Gasteiger partial charge in [-0.2, -0.15) is 0 Å². The zero-order chi connectivity index (χ0) is 33.5. The van der Waals surface area contributed by atoms with Crippen LogP contribution in [0.3, 0.4) is 0 Å². The highest BCUT2D eigenvalue weighted by Crippen LogP contribution is 2.54. The Balaban J connectivity index is 1.02. The molecule has 2 atom stereocenters. The summed E-state index contributed by atoms with van der Waals surface area (Å²) in [5.41, 5.74) is 22.7. The van der Waals surface area contributed by atoms with Gasteiger partial charge in [0.2, 0.25) is 0 Å². The Morgan fingerprint density at radius 2 is 0.784 bits per heavy atom. The lowest BCUT2D eigenvalue weighted by atomic mass is 9.83. The van der Waals surface area contributed by atoms with E-state index in [1.807, 2.05) is 6.20 Å². The predicted octanol–water partition coefficient (Wildman–Crippen LogP) is 12.2. The fourth-order valence-electron chi connectivity index (χ4n) is 9.45. The summed E-state index contributed by atoms with van der Waals surface area (Å²) in [6, 6.07) is 63.5. The van der Waals surface area contributed by atoms with Crippen LogP contribution in [0.1, 0.15) is 67.8 Å². The third-order valence-corrected chi connectivity index (χ3v) is 11.6. The fraction of sp³-hybridized carbons (Fsp3) is 0.0600. The summed E-state index contributed by atoms with van der Waals surface area (Å²) in [5, 5.41) is 0. The van der Waals surface area contributed by atoms with E-state index in [2.05, 4.69) is 181 Å². The van der Waals surface area contributed by atoms with E-state index in [-0.39, 0.29) is 17.8 Å². The van der Waals surface area contributed by atoms with Crippen LogP contribution in [0.5, 0.6) is 0 Å². The number of nitrogens with zero attached hydrogens (tertiary/aromatic N) is 1. The minimum atomic E-state index is 0.134. The fourth-order valence-corrected chi connectivity index (χ4v) is 9.45. The average molecular weight is 648 g/mol. The summed E-state index contributed by atoms with van der Waals surface area (Å²) in [6.45, 7) is 0. The van der Waals surface area contributed by atoms with Gasteiger partial charge in [-0.05, 0) is 113 Å². The van der Waals surface area contributed by atoms with Crippen LogP contribution in [0.15, 0.2) is 182 Å². The Morgan fingerprint density at radius 3 is 1.45 bits per heavy atom. The van der Waals surface area contributed by atoms with Crippen LogP contribution >= 0.6 is 0 Å². The van der Waals surface area contributed by atoms with Gasteiger partial charge in [-0.25, -0.2) is 0 Å². The highest BCUT2D eigenvalue weighted by Gasteiger charge is 2.35. The lowest BCUT2D eigenvalue weighted by Crippen LogP contribution is -2.04. The van der Waals surface area contributed by atoms with Gasteiger partial charge in [0.05, 0.1) is 0 Å². The standard InChI is InChI=1S/C50H33N/c1-2-11-31(12-3-1)32-21-23-44-45(28-32)39-25-26-51-30-47(39)50(44)34-14-10-13-33(27-34)48-42-20-9-6-17-38(42)46-29-35(22-24-43(46)48)49-40-18-7-4-15-36(40)37-16-5-8-19-41(37)49/h1-30,48-50H. The van der Waals surface area contributed by atoms with Crippen molar-refractivity contribution in [3.05, 3.63) is 232 Å². The second-order valence-corrected chi connectivity index (χ2v) is 14.2. The molecule has 1 heteroatoms. The molecule has 0 spiro atoms. The zero-order valence-corrected chi connectivity index (χ0v) is 28.0. The largest absolute Gasteiger partial charge is 0.264 e. The molecular weight excluding hydrogens is 615 g/mol. The average Bonchev–Trinajstić information content (AvgIpc) is 3.83. The van der Waals surface area contributed by atoms with Crippen LogP contribution in [0.2, 0.25) is 0 Å². The van der Waals surface area contributed by atoms with Crippen molar-refractivity contribution >= 4 is 0 Å². The van der Waals surface area contributed by atoms with Crippen LogP contribution in [-0.2, 0) is 0 Å². The van der Waals surface area contributed by atoms with E-state index in [4.69, 9.17) is 0 Å². The third-order valence-electron chi connectivity index (χ3n) is 11.6. The normalized spacial score (nSPS) is 16.2. The molecule has 0 N–H and O–H groups in total. The number of benzene rings is 7. The van der Waals surface area contributed by atoms with Gasteiger partial charge in [-0.15, -0.1) is 0 Å². The van der Waals surface area contributed by atoms with E-state index >= 15 is 0 Å². The first-order chi connectivity index (χ1) is 25.3.